The van der Waals surface area contributed by atoms with E-state index < -0.39 is 0 Å². The van der Waals surface area contributed by atoms with Crippen molar-refractivity contribution in [2.24, 2.45) is 0 Å². The maximum absolute atomic E-state index is 13.4. The van der Waals surface area contributed by atoms with Crippen molar-refractivity contribution in [3.05, 3.63) is 59.4 Å². The molecule has 0 saturated carbocycles. The number of aryl methyl sites for hydroxylation is 1. The van der Waals surface area contributed by atoms with E-state index in [4.69, 9.17) is 11.5 Å². The van der Waals surface area contributed by atoms with Crippen LogP contribution in [0, 0.1) is 24.1 Å². The van der Waals surface area contributed by atoms with Gasteiger partial charge in [0.2, 0.25) is 5.95 Å². The van der Waals surface area contributed by atoms with Gasteiger partial charge in [-0.25, -0.2) is 9.37 Å². The number of hydrogen-bond donors (Lipinski definition) is 2. The van der Waals surface area contributed by atoms with Crippen LogP contribution in [0.15, 0.2) is 42.5 Å². The van der Waals surface area contributed by atoms with E-state index in [9.17, 15) is 9.65 Å². The van der Waals surface area contributed by atoms with E-state index >= 15 is 0 Å². The molecule has 0 fully saturated rings. The maximum Gasteiger partial charge on any atom is 0.222 e. The van der Waals surface area contributed by atoms with Crippen LogP contribution in [0.1, 0.15) is 11.1 Å². The van der Waals surface area contributed by atoms with Crippen molar-refractivity contribution < 1.29 is 4.39 Å². The molecule has 1 heterocycles. The Bertz CT molecular complexity index is 958. The third-order valence-electron chi connectivity index (χ3n) is 3.72. The lowest BCUT2D eigenvalue weighted by Crippen LogP contribution is -2.04. The molecule has 0 aliphatic heterocycles. The minimum absolute atomic E-state index is 0.0136. The number of hydrogen-bond acceptors (Lipinski definition) is 5. The third-order valence-corrected chi connectivity index (χ3v) is 3.72. The Kier molecular flexibility index (Phi) is 3.84. The number of anilines is 2. The Morgan fingerprint density at radius 3 is 2.21 bits per heavy atom. The zero-order valence-electron chi connectivity index (χ0n) is 12.9. The van der Waals surface area contributed by atoms with Crippen molar-refractivity contribution in [2.45, 2.75) is 6.92 Å². The SMILES string of the molecule is Cc1cc(-c2ccc(-c3nc(N)nc(N)c3C#N)cc2)ccc1F. The van der Waals surface area contributed by atoms with E-state index in [1.54, 1.807) is 19.1 Å². The average molecular weight is 319 g/mol. The first-order chi connectivity index (χ1) is 11.5. The number of nitrogens with two attached hydrogens (primary N) is 2. The maximum atomic E-state index is 13.4. The highest BCUT2D eigenvalue weighted by Gasteiger charge is 2.13. The van der Waals surface area contributed by atoms with Gasteiger partial charge in [0, 0.05) is 5.56 Å². The number of halogens is 1. The highest BCUT2D eigenvalue weighted by atomic mass is 19.1. The summed E-state index contributed by atoms with van der Waals surface area (Å²) in [5.74, 6) is -0.168. The Morgan fingerprint density at radius 2 is 1.58 bits per heavy atom. The average Bonchev–Trinajstić information content (AvgIpc) is 2.57. The van der Waals surface area contributed by atoms with E-state index in [2.05, 4.69) is 9.97 Å². The first kappa shape index (κ1) is 15.4. The molecule has 0 amide bonds. The zero-order valence-corrected chi connectivity index (χ0v) is 12.9. The van der Waals surface area contributed by atoms with Gasteiger partial charge in [0.25, 0.3) is 0 Å². The minimum Gasteiger partial charge on any atom is -0.382 e. The smallest absolute Gasteiger partial charge is 0.222 e. The number of nitrogen functional groups attached to an aromatic ring is 2. The van der Waals surface area contributed by atoms with Crippen molar-refractivity contribution >= 4 is 11.8 Å². The van der Waals surface area contributed by atoms with Crippen molar-refractivity contribution in [2.75, 3.05) is 11.5 Å². The molecule has 0 aliphatic carbocycles. The molecule has 0 atom stereocenters. The van der Waals surface area contributed by atoms with Gasteiger partial charge in [0.05, 0.1) is 5.69 Å². The largest absolute Gasteiger partial charge is 0.382 e. The molecule has 118 valence electrons. The summed E-state index contributed by atoms with van der Waals surface area (Å²) >= 11 is 0. The van der Waals surface area contributed by atoms with E-state index in [-0.39, 0.29) is 23.1 Å². The van der Waals surface area contributed by atoms with Gasteiger partial charge in [-0.05, 0) is 35.7 Å². The topological polar surface area (TPSA) is 102 Å². The lowest BCUT2D eigenvalue weighted by molar-refractivity contribution is 0.619. The molecule has 24 heavy (non-hydrogen) atoms. The summed E-state index contributed by atoms with van der Waals surface area (Å²) in [7, 11) is 0. The van der Waals surface area contributed by atoms with E-state index in [0.717, 1.165) is 11.1 Å². The van der Waals surface area contributed by atoms with E-state index in [1.807, 2.05) is 30.3 Å². The molecule has 0 spiro atoms. The molecule has 2 aromatic carbocycles. The number of nitriles is 1. The number of rotatable bonds is 2. The van der Waals surface area contributed by atoms with Crippen LogP contribution in [0.3, 0.4) is 0 Å². The Balaban J connectivity index is 2.04. The predicted octanol–water partition coefficient (Wildman–Crippen LogP) is 3.29. The highest BCUT2D eigenvalue weighted by molar-refractivity contribution is 5.75. The fourth-order valence-electron chi connectivity index (χ4n) is 2.46. The van der Waals surface area contributed by atoms with Gasteiger partial charge >= 0.3 is 0 Å². The van der Waals surface area contributed by atoms with Crippen molar-refractivity contribution in [1.29, 1.82) is 5.26 Å². The molecule has 0 unspecified atom stereocenters. The minimum atomic E-state index is -0.235. The lowest BCUT2D eigenvalue weighted by Gasteiger charge is -2.08. The first-order valence-corrected chi connectivity index (χ1v) is 7.19. The van der Waals surface area contributed by atoms with Crippen LogP contribution in [0.5, 0.6) is 0 Å². The molecule has 0 saturated heterocycles. The van der Waals surface area contributed by atoms with Gasteiger partial charge in [-0.2, -0.15) is 10.2 Å². The van der Waals surface area contributed by atoms with Gasteiger partial charge in [-0.15, -0.1) is 0 Å². The van der Waals surface area contributed by atoms with Gasteiger partial charge in [0.1, 0.15) is 23.3 Å². The summed E-state index contributed by atoms with van der Waals surface area (Å²) in [6.45, 7) is 1.72. The van der Waals surface area contributed by atoms with Crippen molar-refractivity contribution in [1.82, 2.24) is 9.97 Å². The molecule has 0 bridgehead atoms. The van der Waals surface area contributed by atoms with Crippen LogP contribution in [0.25, 0.3) is 22.4 Å². The molecule has 3 aromatic rings. The monoisotopic (exact) mass is 319 g/mol. The fraction of sp³-hybridized carbons (Fsp3) is 0.0556. The van der Waals surface area contributed by atoms with Crippen LogP contribution in [-0.4, -0.2) is 9.97 Å². The van der Waals surface area contributed by atoms with Gasteiger partial charge in [-0.3, -0.25) is 0 Å². The molecule has 5 nitrogen and oxygen atoms in total. The second-order valence-corrected chi connectivity index (χ2v) is 5.34. The molecule has 1 aromatic heterocycles. The van der Waals surface area contributed by atoms with Crippen molar-refractivity contribution in [3.8, 4) is 28.5 Å². The molecule has 3 rings (SSSR count). The molecule has 6 heteroatoms. The number of benzene rings is 2. The Hall–Kier alpha value is -3.46. The summed E-state index contributed by atoms with van der Waals surface area (Å²) in [6, 6.07) is 14.3. The lowest BCUT2D eigenvalue weighted by atomic mass is 10.00. The summed E-state index contributed by atoms with van der Waals surface area (Å²) in [4.78, 5) is 7.92. The first-order valence-electron chi connectivity index (χ1n) is 7.19. The molecule has 0 radical (unpaired) electrons. The second kappa shape index (κ2) is 5.97. The quantitative estimate of drug-likeness (QED) is 0.754. The standard InChI is InChI=1S/C18H14FN5/c1-10-8-13(6-7-15(10)19)11-2-4-12(5-3-11)16-14(9-20)17(21)24-18(22)23-16/h2-8H,1H3,(H4,21,22,23,24). The summed E-state index contributed by atoms with van der Waals surface area (Å²) in [5.41, 5.74) is 15.1. The number of nitrogens with zero attached hydrogens (tertiary/aromatic N) is 3. The van der Waals surface area contributed by atoms with Crippen LogP contribution >= 0.6 is 0 Å². The van der Waals surface area contributed by atoms with E-state index in [1.165, 1.54) is 6.07 Å². The molecule has 4 N–H and O–H groups in total. The van der Waals surface area contributed by atoms with Crippen LogP contribution in [-0.2, 0) is 0 Å². The van der Waals surface area contributed by atoms with Crippen LogP contribution in [0.4, 0.5) is 16.2 Å². The summed E-state index contributed by atoms with van der Waals surface area (Å²) < 4.78 is 13.4. The van der Waals surface area contributed by atoms with Crippen molar-refractivity contribution in [3.63, 3.8) is 0 Å². The summed E-state index contributed by atoms with van der Waals surface area (Å²) in [5, 5.41) is 9.25. The Labute approximate surface area is 138 Å². The van der Waals surface area contributed by atoms with Crippen LogP contribution < -0.4 is 11.5 Å². The predicted molar refractivity (Wildman–Crippen MR) is 91.1 cm³/mol. The van der Waals surface area contributed by atoms with Gasteiger partial charge < -0.3 is 11.5 Å². The summed E-state index contributed by atoms with van der Waals surface area (Å²) in [6.07, 6.45) is 0. The zero-order chi connectivity index (χ0) is 17.3. The fourth-order valence-corrected chi connectivity index (χ4v) is 2.46. The number of aromatic nitrogens is 2. The molecule has 0 aliphatic rings. The third kappa shape index (κ3) is 2.75. The van der Waals surface area contributed by atoms with E-state index in [0.29, 0.717) is 16.8 Å². The van der Waals surface area contributed by atoms with Gasteiger partial charge in [-0.1, -0.05) is 30.3 Å². The molecular weight excluding hydrogens is 305 g/mol. The normalized spacial score (nSPS) is 10.4. The highest BCUT2D eigenvalue weighted by Crippen LogP contribution is 2.28. The Morgan fingerprint density at radius 1 is 0.958 bits per heavy atom. The van der Waals surface area contributed by atoms with Gasteiger partial charge in [0.15, 0.2) is 0 Å². The second-order valence-electron chi connectivity index (χ2n) is 5.34. The molecular formula is C18H14FN5. The van der Waals surface area contributed by atoms with Crippen LogP contribution in [0.2, 0.25) is 0 Å².